The average Bonchev–Trinajstić information content (AvgIpc) is 3.18. The van der Waals surface area contributed by atoms with E-state index in [1.54, 1.807) is 28.9 Å². The van der Waals surface area contributed by atoms with Gasteiger partial charge in [0.25, 0.3) is 5.56 Å². The highest BCUT2D eigenvalue weighted by Crippen LogP contribution is 2.14. The van der Waals surface area contributed by atoms with Gasteiger partial charge >= 0.3 is 6.09 Å². The summed E-state index contributed by atoms with van der Waals surface area (Å²) in [5, 5.41) is 0. The number of hydrogen-bond acceptors (Lipinski definition) is 6. The van der Waals surface area contributed by atoms with Crippen molar-refractivity contribution < 1.29 is 18.7 Å². The van der Waals surface area contributed by atoms with Gasteiger partial charge in [0.05, 0.1) is 19.2 Å². The molecule has 9 heteroatoms. The number of furan rings is 1. The fraction of sp³-hybridized carbons (Fsp3) is 0.412. The van der Waals surface area contributed by atoms with Crippen LogP contribution in [-0.4, -0.2) is 64.1 Å². The van der Waals surface area contributed by atoms with Crippen LogP contribution in [0.25, 0.3) is 11.5 Å². The molecule has 1 saturated heterocycles. The van der Waals surface area contributed by atoms with E-state index in [2.05, 4.69) is 4.98 Å². The van der Waals surface area contributed by atoms with Crippen molar-refractivity contribution in [3.63, 3.8) is 0 Å². The van der Waals surface area contributed by atoms with Crippen LogP contribution in [0.2, 0.25) is 0 Å². The maximum absolute atomic E-state index is 12.4. The van der Waals surface area contributed by atoms with Gasteiger partial charge in [-0.05, 0) is 19.1 Å². The minimum atomic E-state index is -0.367. The van der Waals surface area contributed by atoms with Crippen molar-refractivity contribution in [1.82, 2.24) is 19.4 Å². The first-order valence-corrected chi connectivity index (χ1v) is 8.38. The molecule has 1 fully saturated rings. The summed E-state index contributed by atoms with van der Waals surface area (Å²) in [7, 11) is 0. The van der Waals surface area contributed by atoms with Crippen molar-refractivity contribution >= 4 is 12.0 Å². The van der Waals surface area contributed by atoms with Crippen LogP contribution in [-0.2, 0) is 16.1 Å². The first-order chi connectivity index (χ1) is 12.6. The third kappa shape index (κ3) is 3.93. The van der Waals surface area contributed by atoms with Crippen molar-refractivity contribution in [3.8, 4) is 11.5 Å². The molecule has 9 nitrogen and oxygen atoms in total. The van der Waals surface area contributed by atoms with Gasteiger partial charge in [-0.2, -0.15) is 0 Å². The molecule has 3 rings (SSSR count). The minimum Gasteiger partial charge on any atom is -0.463 e. The van der Waals surface area contributed by atoms with E-state index < -0.39 is 0 Å². The number of amides is 2. The monoisotopic (exact) mass is 360 g/mol. The largest absolute Gasteiger partial charge is 0.463 e. The molecule has 0 unspecified atom stereocenters. The van der Waals surface area contributed by atoms with Gasteiger partial charge in [-0.15, -0.1) is 0 Å². The quantitative estimate of drug-likeness (QED) is 0.800. The van der Waals surface area contributed by atoms with E-state index in [1.807, 2.05) is 0 Å². The Balaban J connectivity index is 1.59. The van der Waals surface area contributed by atoms with Gasteiger partial charge in [0.1, 0.15) is 12.2 Å². The lowest BCUT2D eigenvalue weighted by atomic mass is 10.3. The standard InChI is InChI=1S/C17H20N4O5/c1-2-25-17(24)20-7-5-19(6-8-20)16(23)11-21-12-18-13(10-15(21)22)14-4-3-9-26-14/h3-4,9-10,12H,2,5-8,11H2,1H3. The molecule has 0 spiro atoms. The number of carbonyl (C=O) groups excluding carboxylic acids is 2. The maximum atomic E-state index is 12.4. The molecule has 1 aliphatic heterocycles. The Labute approximate surface area is 149 Å². The number of rotatable bonds is 4. The molecule has 138 valence electrons. The number of piperazine rings is 1. The van der Waals surface area contributed by atoms with Gasteiger partial charge in [-0.25, -0.2) is 9.78 Å². The Kier molecular flexibility index (Phi) is 5.35. The molecule has 0 radical (unpaired) electrons. The minimum absolute atomic E-state index is 0.0936. The van der Waals surface area contributed by atoms with Gasteiger partial charge < -0.3 is 19.0 Å². The first kappa shape index (κ1) is 17.7. The summed E-state index contributed by atoms with van der Waals surface area (Å²) in [4.78, 5) is 43.7. The second kappa shape index (κ2) is 7.85. The Bertz CT molecular complexity index is 822. The zero-order valence-corrected chi connectivity index (χ0v) is 14.5. The van der Waals surface area contributed by atoms with E-state index in [1.165, 1.54) is 23.2 Å². The van der Waals surface area contributed by atoms with Gasteiger partial charge in [0.15, 0.2) is 5.76 Å². The van der Waals surface area contributed by atoms with E-state index in [4.69, 9.17) is 9.15 Å². The van der Waals surface area contributed by atoms with E-state index in [0.29, 0.717) is 44.2 Å². The molecule has 0 saturated carbocycles. The molecule has 2 amide bonds. The summed E-state index contributed by atoms with van der Waals surface area (Å²) in [6.45, 7) is 3.62. The van der Waals surface area contributed by atoms with E-state index >= 15 is 0 Å². The molecule has 2 aromatic rings. The average molecular weight is 360 g/mol. The highest BCUT2D eigenvalue weighted by molar-refractivity contribution is 5.76. The summed E-state index contributed by atoms with van der Waals surface area (Å²) < 4.78 is 11.4. The lowest BCUT2D eigenvalue weighted by Crippen LogP contribution is -2.51. The van der Waals surface area contributed by atoms with Gasteiger partial charge in [-0.1, -0.05) is 0 Å². The van der Waals surface area contributed by atoms with Crippen LogP contribution >= 0.6 is 0 Å². The Morgan fingerprint density at radius 1 is 1.23 bits per heavy atom. The van der Waals surface area contributed by atoms with Crippen molar-refractivity contribution in [1.29, 1.82) is 0 Å². The molecule has 1 aliphatic rings. The zero-order valence-electron chi connectivity index (χ0n) is 14.5. The van der Waals surface area contributed by atoms with E-state index in [-0.39, 0.29) is 24.1 Å². The van der Waals surface area contributed by atoms with Crippen LogP contribution in [0.4, 0.5) is 4.79 Å². The number of carbonyl (C=O) groups is 2. The number of nitrogens with zero attached hydrogens (tertiary/aromatic N) is 4. The maximum Gasteiger partial charge on any atom is 0.409 e. The van der Waals surface area contributed by atoms with E-state index in [9.17, 15) is 14.4 Å². The fourth-order valence-corrected chi connectivity index (χ4v) is 2.70. The highest BCUT2D eigenvalue weighted by atomic mass is 16.6. The summed E-state index contributed by atoms with van der Waals surface area (Å²) in [5.41, 5.74) is 0.0941. The smallest absolute Gasteiger partial charge is 0.409 e. The number of ether oxygens (including phenoxy) is 1. The number of hydrogen-bond donors (Lipinski definition) is 0. The molecular weight excluding hydrogens is 340 g/mol. The predicted molar refractivity (Wildman–Crippen MR) is 91.4 cm³/mol. The molecule has 2 aromatic heterocycles. The number of aromatic nitrogens is 2. The Morgan fingerprint density at radius 2 is 1.96 bits per heavy atom. The highest BCUT2D eigenvalue weighted by Gasteiger charge is 2.25. The second-order valence-electron chi connectivity index (χ2n) is 5.78. The Morgan fingerprint density at radius 3 is 2.58 bits per heavy atom. The summed E-state index contributed by atoms with van der Waals surface area (Å²) >= 11 is 0. The zero-order chi connectivity index (χ0) is 18.5. The summed E-state index contributed by atoms with van der Waals surface area (Å²) in [5.74, 6) is 0.304. The SMILES string of the molecule is CCOC(=O)N1CCN(C(=O)Cn2cnc(-c3ccco3)cc2=O)CC1. The molecule has 0 bridgehead atoms. The van der Waals surface area contributed by atoms with Crippen LogP contribution < -0.4 is 5.56 Å². The third-order valence-electron chi connectivity index (χ3n) is 4.12. The summed E-state index contributed by atoms with van der Waals surface area (Å²) in [6.07, 6.45) is 2.48. The molecule has 3 heterocycles. The lowest BCUT2D eigenvalue weighted by molar-refractivity contribution is -0.133. The second-order valence-corrected chi connectivity index (χ2v) is 5.78. The third-order valence-corrected chi connectivity index (χ3v) is 4.12. The molecular formula is C17H20N4O5. The molecule has 0 aliphatic carbocycles. The normalized spacial score (nSPS) is 14.3. The summed E-state index contributed by atoms with van der Waals surface area (Å²) in [6, 6.07) is 4.76. The van der Waals surface area contributed by atoms with Crippen molar-refractivity contribution in [2.24, 2.45) is 0 Å². The van der Waals surface area contributed by atoms with Crippen LogP contribution in [0, 0.1) is 0 Å². The molecule has 26 heavy (non-hydrogen) atoms. The van der Waals surface area contributed by atoms with Gasteiger partial charge in [0.2, 0.25) is 5.91 Å². The van der Waals surface area contributed by atoms with Gasteiger partial charge in [0, 0.05) is 32.2 Å². The molecule has 0 atom stereocenters. The van der Waals surface area contributed by atoms with Crippen molar-refractivity contribution in [2.75, 3.05) is 32.8 Å². The van der Waals surface area contributed by atoms with Crippen molar-refractivity contribution in [3.05, 3.63) is 41.1 Å². The van der Waals surface area contributed by atoms with Crippen molar-refractivity contribution in [2.45, 2.75) is 13.5 Å². The lowest BCUT2D eigenvalue weighted by Gasteiger charge is -2.34. The predicted octanol–water partition coefficient (Wildman–Crippen LogP) is 0.804. The topological polar surface area (TPSA) is 97.9 Å². The first-order valence-electron chi connectivity index (χ1n) is 8.38. The van der Waals surface area contributed by atoms with Crippen LogP contribution in [0.5, 0.6) is 0 Å². The van der Waals surface area contributed by atoms with E-state index in [0.717, 1.165) is 0 Å². The Hall–Kier alpha value is -3.10. The fourth-order valence-electron chi connectivity index (χ4n) is 2.70. The van der Waals surface area contributed by atoms with Gasteiger partial charge in [-0.3, -0.25) is 14.2 Å². The van der Waals surface area contributed by atoms with Crippen LogP contribution in [0.1, 0.15) is 6.92 Å². The molecule has 0 N–H and O–H groups in total. The van der Waals surface area contributed by atoms with Crippen LogP contribution in [0.3, 0.4) is 0 Å². The molecule has 0 aromatic carbocycles. The van der Waals surface area contributed by atoms with Crippen LogP contribution in [0.15, 0.2) is 40.0 Å².